The second-order valence-electron chi connectivity index (χ2n) is 2.34. The zero-order valence-corrected chi connectivity index (χ0v) is 6.47. The number of rotatable bonds is 2. The van der Waals surface area contributed by atoms with E-state index in [0.717, 1.165) is 10.9 Å². The maximum Gasteiger partial charge on any atom is 0.406 e. The Balaban J connectivity index is 2.75. The zero-order chi connectivity index (χ0) is 9.19. The van der Waals surface area contributed by atoms with E-state index in [9.17, 15) is 13.2 Å². The fourth-order valence-corrected chi connectivity index (χ4v) is 0.878. The second-order valence-corrected chi connectivity index (χ2v) is 2.34. The summed E-state index contributed by atoms with van der Waals surface area (Å²) in [6.07, 6.45) is -2.66. The molecule has 68 valence electrons. The third-order valence-corrected chi connectivity index (χ3v) is 1.36. The van der Waals surface area contributed by atoms with Crippen molar-refractivity contribution in [2.24, 2.45) is 0 Å². The van der Waals surface area contributed by atoms with E-state index in [1.54, 1.807) is 6.92 Å². The molecule has 0 spiro atoms. The molecular formula is C6H8F3N3. The van der Waals surface area contributed by atoms with Crippen LogP contribution in [0.25, 0.3) is 0 Å². The van der Waals surface area contributed by atoms with E-state index >= 15 is 0 Å². The topological polar surface area (TPSA) is 30.7 Å². The standard InChI is InChI=1S/C6H8F3N3/c1-2-5-11-10-4-12(5)3-6(7,8)9/h4H,2-3H2,1H3. The van der Waals surface area contributed by atoms with E-state index in [1.165, 1.54) is 0 Å². The Morgan fingerprint density at radius 1 is 1.50 bits per heavy atom. The van der Waals surface area contributed by atoms with E-state index in [2.05, 4.69) is 10.2 Å². The van der Waals surface area contributed by atoms with E-state index in [4.69, 9.17) is 0 Å². The molecule has 3 nitrogen and oxygen atoms in total. The monoisotopic (exact) mass is 179 g/mol. The van der Waals surface area contributed by atoms with Gasteiger partial charge in [0, 0.05) is 6.42 Å². The quantitative estimate of drug-likeness (QED) is 0.687. The molecule has 0 aliphatic carbocycles. The lowest BCUT2D eigenvalue weighted by molar-refractivity contribution is -0.141. The molecular weight excluding hydrogens is 171 g/mol. The van der Waals surface area contributed by atoms with Crippen molar-refractivity contribution < 1.29 is 13.2 Å². The zero-order valence-electron chi connectivity index (χ0n) is 6.47. The molecule has 0 aliphatic heterocycles. The predicted molar refractivity (Wildman–Crippen MR) is 35.5 cm³/mol. The SMILES string of the molecule is CCc1nncn1CC(F)(F)F. The van der Waals surface area contributed by atoms with Gasteiger partial charge in [0.25, 0.3) is 0 Å². The van der Waals surface area contributed by atoms with Crippen molar-refractivity contribution in [1.29, 1.82) is 0 Å². The van der Waals surface area contributed by atoms with Gasteiger partial charge in [-0.2, -0.15) is 13.2 Å². The maximum absolute atomic E-state index is 11.9. The molecule has 0 unspecified atom stereocenters. The number of aryl methyl sites for hydroxylation is 1. The van der Waals surface area contributed by atoms with Gasteiger partial charge in [-0.1, -0.05) is 6.92 Å². The molecule has 0 radical (unpaired) electrons. The van der Waals surface area contributed by atoms with Crippen LogP contribution in [0.1, 0.15) is 12.7 Å². The van der Waals surface area contributed by atoms with E-state index in [1.807, 2.05) is 0 Å². The van der Waals surface area contributed by atoms with Crippen molar-refractivity contribution >= 4 is 0 Å². The molecule has 0 amide bonds. The van der Waals surface area contributed by atoms with Crippen molar-refractivity contribution in [3.63, 3.8) is 0 Å². The van der Waals surface area contributed by atoms with Crippen LogP contribution >= 0.6 is 0 Å². The molecule has 1 aromatic rings. The highest BCUT2D eigenvalue weighted by molar-refractivity contribution is 4.84. The normalized spacial score (nSPS) is 12.0. The third kappa shape index (κ3) is 2.21. The Kier molecular flexibility index (Phi) is 2.35. The van der Waals surface area contributed by atoms with Gasteiger partial charge in [-0.3, -0.25) is 0 Å². The summed E-state index contributed by atoms with van der Waals surface area (Å²) in [5.41, 5.74) is 0. The molecule has 1 aromatic heterocycles. The van der Waals surface area contributed by atoms with Gasteiger partial charge < -0.3 is 4.57 Å². The number of halogens is 3. The lowest BCUT2D eigenvalue weighted by Crippen LogP contribution is -2.18. The highest BCUT2D eigenvalue weighted by Crippen LogP contribution is 2.17. The predicted octanol–water partition coefficient (Wildman–Crippen LogP) is 1.40. The van der Waals surface area contributed by atoms with Gasteiger partial charge in [0.15, 0.2) is 0 Å². The molecule has 6 heteroatoms. The fraction of sp³-hybridized carbons (Fsp3) is 0.667. The Morgan fingerprint density at radius 2 is 2.17 bits per heavy atom. The van der Waals surface area contributed by atoms with E-state index in [-0.39, 0.29) is 0 Å². The van der Waals surface area contributed by atoms with E-state index in [0.29, 0.717) is 12.2 Å². The molecule has 0 bridgehead atoms. The summed E-state index contributed by atoms with van der Waals surface area (Å²) in [5.74, 6) is 0.354. The average molecular weight is 179 g/mol. The number of aromatic nitrogens is 3. The van der Waals surface area contributed by atoms with Gasteiger partial charge in [0.2, 0.25) is 0 Å². The first-order chi connectivity index (χ1) is 5.53. The lowest BCUT2D eigenvalue weighted by Gasteiger charge is -2.07. The van der Waals surface area contributed by atoms with Crippen molar-refractivity contribution in [1.82, 2.24) is 14.8 Å². The second kappa shape index (κ2) is 3.12. The minimum atomic E-state index is -4.20. The van der Waals surface area contributed by atoms with Crippen LogP contribution in [0.4, 0.5) is 13.2 Å². The summed E-state index contributed by atoms with van der Waals surface area (Å²) in [5, 5.41) is 6.92. The Labute approximate surface area is 67.2 Å². The highest BCUT2D eigenvalue weighted by atomic mass is 19.4. The van der Waals surface area contributed by atoms with Crippen molar-refractivity contribution in [2.75, 3.05) is 0 Å². The van der Waals surface area contributed by atoms with Crippen LogP contribution in [0, 0.1) is 0 Å². The molecule has 0 N–H and O–H groups in total. The summed E-state index contributed by atoms with van der Waals surface area (Å²) in [7, 11) is 0. The fourth-order valence-electron chi connectivity index (χ4n) is 0.878. The molecule has 0 fully saturated rings. The lowest BCUT2D eigenvalue weighted by atomic mass is 10.4. The van der Waals surface area contributed by atoms with Crippen molar-refractivity contribution in [2.45, 2.75) is 26.1 Å². The van der Waals surface area contributed by atoms with Crippen LogP contribution in [-0.4, -0.2) is 20.9 Å². The van der Waals surface area contributed by atoms with Crippen molar-refractivity contribution in [3.05, 3.63) is 12.2 Å². The van der Waals surface area contributed by atoms with Gasteiger partial charge in [-0.25, -0.2) is 0 Å². The molecule has 1 heterocycles. The maximum atomic E-state index is 11.9. The summed E-state index contributed by atoms with van der Waals surface area (Å²) in [4.78, 5) is 0. The van der Waals surface area contributed by atoms with Gasteiger partial charge in [0.1, 0.15) is 18.7 Å². The first-order valence-corrected chi connectivity index (χ1v) is 3.46. The number of alkyl halides is 3. The minimum absolute atomic E-state index is 0.354. The first kappa shape index (κ1) is 9.02. The first-order valence-electron chi connectivity index (χ1n) is 3.46. The number of nitrogens with zero attached hydrogens (tertiary/aromatic N) is 3. The number of hydrogen-bond donors (Lipinski definition) is 0. The Hall–Kier alpha value is -1.07. The summed E-state index contributed by atoms with van der Waals surface area (Å²) < 4.78 is 36.6. The minimum Gasteiger partial charge on any atom is -0.308 e. The van der Waals surface area contributed by atoms with Gasteiger partial charge in [-0.15, -0.1) is 10.2 Å². The van der Waals surface area contributed by atoms with Gasteiger partial charge >= 0.3 is 6.18 Å². The molecule has 0 saturated carbocycles. The summed E-state index contributed by atoms with van der Waals surface area (Å²) >= 11 is 0. The van der Waals surface area contributed by atoms with Crippen LogP contribution in [-0.2, 0) is 13.0 Å². The van der Waals surface area contributed by atoms with Gasteiger partial charge in [0.05, 0.1) is 0 Å². The van der Waals surface area contributed by atoms with Crippen molar-refractivity contribution in [3.8, 4) is 0 Å². The van der Waals surface area contributed by atoms with Crippen LogP contribution < -0.4 is 0 Å². The Bertz CT molecular complexity index is 253. The van der Waals surface area contributed by atoms with Gasteiger partial charge in [-0.05, 0) is 0 Å². The molecule has 0 aliphatic rings. The highest BCUT2D eigenvalue weighted by Gasteiger charge is 2.28. The third-order valence-electron chi connectivity index (χ3n) is 1.36. The molecule has 1 rings (SSSR count). The van der Waals surface area contributed by atoms with Crippen LogP contribution in [0.2, 0.25) is 0 Å². The summed E-state index contributed by atoms with van der Waals surface area (Å²) in [6, 6.07) is 0. The largest absolute Gasteiger partial charge is 0.406 e. The summed E-state index contributed by atoms with van der Waals surface area (Å²) in [6.45, 7) is 0.722. The molecule has 0 aromatic carbocycles. The van der Waals surface area contributed by atoms with Crippen LogP contribution in [0.15, 0.2) is 6.33 Å². The van der Waals surface area contributed by atoms with Crippen LogP contribution in [0.5, 0.6) is 0 Å². The Morgan fingerprint density at radius 3 is 2.67 bits per heavy atom. The van der Waals surface area contributed by atoms with Crippen LogP contribution in [0.3, 0.4) is 0 Å². The average Bonchev–Trinajstić information content (AvgIpc) is 2.31. The number of hydrogen-bond acceptors (Lipinski definition) is 2. The molecule has 0 atom stereocenters. The smallest absolute Gasteiger partial charge is 0.308 e. The molecule has 12 heavy (non-hydrogen) atoms. The molecule has 0 saturated heterocycles. The van der Waals surface area contributed by atoms with E-state index < -0.39 is 12.7 Å².